The lowest BCUT2D eigenvalue weighted by Gasteiger charge is -2.39. The molecule has 0 aliphatic heterocycles. The van der Waals surface area contributed by atoms with Crippen LogP contribution in [0.3, 0.4) is 0 Å². The van der Waals surface area contributed by atoms with E-state index in [9.17, 15) is 0 Å². The van der Waals surface area contributed by atoms with Crippen LogP contribution in [0.1, 0.15) is 52.5 Å². The lowest BCUT2D eigenvalue weighted by Crippen LogP contribution is -2.30. The Bertz CT molecular complexity index is 316. The number of nitrogens with zero attached hydrogens (tertiary/aromatic N) is 1. The van der Waals surface area contributed by atoms with Crippen LogP contribution in [0.25, 0.3) is 0 Å². The molecule has 0 spiro atoms. The van der Waals surface area contributed by atoms with Crippen molar-refractivity contribution in [2.75, 3.05) is 0 Å². The molecule has 1 aromatic rings. The summed E-state index contributed by atoms with van der Waals surface area (Å²) in [6, 6.07) is 0. The van der Waals surface area contributed by atoms with Crippen molar-refractivity contribution in [1.82, 2.24) is 4.98 Å². The third kappa shape index (κ3) is 3.18. The van der Waals surface area contributed by atoms with Crippen molar-refractivity contribution in [3.8, 4) is 0 Å². The van der Waals surface area contributed by atoms with Crippen LogP contribution < -0.4 is 0 Å². The molecule has 0 aliphatic rings. The summed E-state index contributed by atoms with van der Waals surface area (Å²) in [6.45, 7) is 13.6. The van der Waals surface area contributed by atoms with E-state index in [-0.39, 0.29) is 10.8 Å². The zero-order valence-corrected chi connectivity index (χ0v) is 12.0. The highest BCUT2D eigenvalue weighted by Gasteiger charge is 2.38. The zero-order chi connectivity index (χ0) is 11.9. The molecule has 1 rings (SSSR count). The fraction of sp³-hybridized carbons (Fsp3) is 0.750. The molecule has 0 saturated carbocycles. The van der Waals surface area contributed by atoms with Crippen LogP contribution in [-0.2, 0) is 0 Å². The van der Waals surface area contributed by atoms with Crippen molar-refractivity contribution in [3.63, 3.8) is 0 Å². The average Bonchev–Trinajstić information content (AvgIpc) is 2.28. The van der Waals surface area contributed by atoms with Gasteiger partial charge in [0.1, 0.15) is 5.15 Å². The molecule has 0 atom stereocenters. The minimum atomic E-state index is 0.208. The van der Waals surface area contributed by atoms with Gasteiger partial charge in [-0.2, -0.15) is 0 Å². The van der Waals surface area contributed by atoms with E-state index < -0.39 is 0 Å². The molecule has 0 N–H and O–H groups in total. The largest absolute Gasteiger partial charge is 0.229 e. The van der Waals surface area contributed by atoms with E-state index in [1.54, 1.807) is 11.3 Å². The van der Waals surface area contributed by atoms with Gasteiger partial charge in [-0.1, -0.05) is 53.1 Å². The van der Waals surface area contributed by atoms with E-state index in [0.717, 1.165) is 5.01 Å². The summed E-state index contributed by atoms with van der Waals surface area (Å²) >= 11 is 7.57. The summed E-state index contributed by atoms with van der Waals surface area (Å²) < 4.78 is 0. The highest BCUT2D eigenvalue weighted by atomic mass is 35.5. The van der Waals surface area contributed by atoms with Gasteiger partial charge < -0.3 is 0 Å². The number of halogens is 1. The van der Waals surface area contributed by atoms with Gasteiger partial charge in [-0.15, -0.1) is 11.3 Å². The van der Waals surface area contributed by atoms with E-state index in [2.05, 4.69) is 46.5 Å². The second-order valence-corrected chi connectivity index (χ2v) is 7.45. The summed E-state index contributed by atoms with van der Waals surface area (Å²) in [5.74, 6) is 0.433. The molecule has 0 aliphatic carbocycles. The molecule has 0 bridgehead atoms. The Morgan fingerprint density at radius 1 is 1.13 bits per heavy atom. The van der Waals surface area contributed by atoms with Gasteiger partial charge in [0.05, 0.1) is 5.01 Å². The molecular formula is C12H20ClNS. The predicted octanol–water partition coefficient (Wildman–Crippen LogP) is 4.97. The third-order valence-electron chi connectivity index (χ3n) is 2.47. The van der Waals surface area contributed by atoms with Crippen molar-refractivity contribution in [2.45, 2.75) is 47.5 Å². The standard InChI is InChI=1S/C12H20ClNS/c1-11(2,3)9(12(4,5)6)10-14-8(13)7-15-10/h7,9H,1-6H3. The van der Waals surface area contributed by atoms with E-state index in [4.69, 9.17) is 11.6 Å². The molecule has 0 amide bonds. The Hall–Kier alpha value is -0.0800. The van der Waals surface area contributed by atoms with Crippen LogP contribution in [-0.4, -0.2) is 4.98 Å². The van der Waals surface area contributed by atoms with Gasteiger partial charge in [-0.05, 0) is 10.8 Å². The Labute approximate surface area is 102 Å². The number of thiazole rings is 1. The summed E-state index contributed by atoms with van der Waals surface area (Å²) in [5.41, 5.74) is 0.416. The van der Waals surface area contributed by atoms with Crippen LogP contribution in [0.2, 0.25) is 5.15 Å². The van der Waals surface area contributed by atoms with Gasteiger partial charge in [0, 0.05) is 11.3 Å². The number of aromatic nitrogens is 1. The Balaban J connectivity index is 3.14. The van der Waals surface area contributed by atoms with Crippen LogP contribution in [0.15, 0.2) is 5.38 Å². The molecule has 1 nitrogen and oxygen atoms in total. The van der Waals surface area contributed by atoms with Gasteiger partial charge >= 0.3 is 0 Å². The predicted molar refractivity (Wildman–Crippen MR) is 68.8 cm³/mol. The normalized spacial score (nSPS) is 13.6. The van der Waals surface area contributed by atoms with E-state index >= 15 is 0 Å². The minimum absolute atomic E-state index is 0.208. The van der Waals surface area contributed by atoms with Crippen LogP contribution in [0, 0.1) is 10.8 Å². The Morgan fingerprint density at radius 2 is 1.60 bits per heavy atom. The summed E-state index contributed by atoms with van der Waals surface area (Å²) in [5, 5.41) is 3.69. The second kappa shape index (κ2) is 4.06. The second-order valence-electron chi connectivity index (χ2n) is 6.17. The lowest BCUT2D eigenvalue weighted by atomic mass is 9.67. The maximum Gasteiger partial charge on any atom is 0.140 e. The first kappa shape index (κ1) is 13.0. The first-order chi connectivity index (χ1) is 6.62. The fourth-order valence-electron chi connectivity index (χ4n) is 2.44. The van der Waals surface area contributed by atoms with Crippen molar-refractivity contribution in [1.29, 1.82) is 0 Å². The van der Waals surface area contributed by atoms with Gasteiger partial charge in [-0.3, -0.25) is 0 Å². The Kier molecular flexibility index (Phi) is 3.52. The number of rotatable bonds is 1. The highest BCUT2D eigenvalue weighted by Crippen LogP contribution is 2.48. The molecule has 1 heterocycles. The highest BCUT2D eigenvalue weighted by molar-refractivity contribution is 7.10. The monoisotopic (exact) mass is 245 g/mol. The summed E-state index contributed by atoms with van der Waals surface area (Å²) in [7, 11) is 0. The average molecular weight is 246 g/mol. The third-order valence-corrected chi connectivity index (χ3v) is 3.71. The quantitative estimate of drug-likeness (QED) is 0.681. The van der Waals surface area contributed by atoms with Crippen molar-refractivity contribution in [2.24, 2.45) is 10.8 Å². The topological polar surface area (TPSA) is 12.9 Å². The molecule has 0 saturated heterocycles. The van der Waals surface area contributed by atoms with Crippen LogP contribution in [0.5, 0.6) is 0 Å². The minimum Gasteiger partial charge on any atom is -0.229 e. The SMILES string of the molecule is CC(C)(C)C(c1nc(Cl)cs1)C(C)(C)C. The van der Waals surface area contributed by atoms with Gasteiger partial charge in [0.25, 0.3) is 0 Å². The van der Waals surface area contributed by atoms with E-state index in [1.807, 2.05) is 5.38 Å². The molecule has 1 aromatic heterocycles. The van der Waals surface area contributed by atoms with E-state index in [1.165, 1.54) is 0 Å². The smallest absolute Gasteiger partial charge is 0.140 e. The molecule has 0 fully saturated rings. The first-order valence-electron chi connectivity index (χ1n) is 5.23. The number of hydrogen-bond acceptors (Lipinski definition) is 2. The van der Waals surface area contributed by atoms with Gasteiger partial charge in [0.2, 0.25) is 0 Å². The molecule has 0 aromatic carbocycles. The maximum absolute atomic E-state index is 5.90. The van der Waals surface area contributed by atoms with Crippen molar-refractivity contribution in [3.05, 3.63) is 15.5 Å². The van der Waals surface area contributed by atoms with Crippen molar-refractivity contribution < 1.29 is 0 Å². The molecule has 0 unspecified atom stereocenters. The van der Waals surface area contributed by atoms with Gasteiger partial charge in [-0.25, -0.2) is 4.98 Å². The van der Waals surface area contributed by atoms with Crippen molar-refractivity contribution >= 4 is 22.9 Å². The lowest BCUT2D eigenvalue weighted by molar-refractivity contribution is 0.176. The summed E-state index contributed by atoms with van der Waals surface area (Å²) in [4.78, 5) is 4.43. The Morgan fingerprint density at radius 3 is 1.87 bits per heavy atom. The first-order valence-corrected chi connectivity index (χ1v) is 6.49. The molecule has 86 valence electrons. The zero-order valence-electron chi connectivity index (χ0n) is 10.4. The van der Waals surface area contributed by atoms with Crippen LogP contribution >= 0.6 is 22.9 Å². The van der Waals surface area contributed by atoms with E-state index in [0.29, 0.717) is 11.1 Å². The molecular weight excluding hydrogens is 226 g/mol. The van der Waals surface area contributed by atoms with Gasteiger partial charge in [0.15, 0.2) is 0 Å². The molecule has 3 heteroatoms. The summed E-state index contributed by atoms with van der Waals surface area (Å²) in [6.07, 6.45) is 0. The van der Waals surface area contributed by atoms with Crippen LogP contribution in [0.4, 0.5) is 0 Å². The molecule has 15 heavy (non-hydrogen) atoms. The molecule has 0 radical (unpaired) electrons. The number of hydrogen-bond donors (Lipinski definition) is 0. The fourth-order valence-corrected chi connectivity index (χ4v) is 3.98. The maximum atomic E-state index is 5.90.